The number of methoxy groups -OCH3 is 2. The maximum absolute atomic E-state index is 14.2. The number of hydrogen-bond acceptors (Lipinski definition) is 4. The van der Waals surface area contributed by atoms with Crippen LogP contribution >= 0.6 is 0 Å². The van der Waals surface area contributed by atoms with Gasteiger partial charge in [-0.3, -0.25) is 9.59 Å². The summed E-state index contributed by atoms with van der Waals surface area (Å²) in [5.41, 5.74) is 0.425. The molecule has 0 radical (unpaired) electrons. The van der Waals surface area contributed by atoms with Crippen molar-refractivity contribution in [2.45, 2.75) is 32.1 Å². The van der Waals surface area contributed by atoms with E-state index in [2.05, 4.69) is 5.32 Å². The van der Waals surface area contributed by atoms with Gasteiger partial charge in [0.1, 0.15) is 0 Å². The van der Waals surface area contributed by atoms with Gasteiger partial charge in [0.25, 0.3) is 0 Å². The van der Waals surface area contributed by atoms with Crippen LogP contribution < -0.4 is 14.8 Å². The number of carbonyl (C=O) groups is 2. The number of rotatable bonds is 10. The minimum atomic E-state index is -0.866. The van der Waals surface area contributed by atoms with Gasteiger partial charge in [-0.1, -0.05) is 6.07 Å². The number of benzene rings is 1. The molecular weight excluding hydrogens is 305 g/mol. The van der Waals surface area contributed by atoms with Crippen LogP contribution in [-0.4, -0.2) is 37.7 Å². The largest absolute Gasteiger partial charge is 0.493 e. The van der Waals surface area contributed by atoms with Crippen LogP contribution in [-0.2, 0) is 16.0 Å². The summed E-state index contributed by atoms with van der Waals surface area (Å²) in [5, 5.41) is 11.2. The van der Waals surface area contributed by atoms with Gasteiger partial charge in [-0.05, 0) is 30.9 Å². The fraction of sp³-hybridized carbons (Fsp3) is 0.500. The molecule has 0 spiro atoms. The molecule has 0 bridgehead atoms. The summed E-state index contributed by atoms with van der Waals surface area (Å²) in [6, 6.07) is 3.21. The quantitative estimate of drug-likeness (QED) is 0.643. The molecule has 0 saturated heterocycles. The van der Waals surface area contributed by atoms with Crippen LogP contribution in [0, 0.1) is 5.82 Å². The third kappa shape index (κ3) is 6.14. The van der Waals surface area contributed by atoms with Crippen molar-refractivity contribution in [1.82, 2.24) is 5.32 Å². The Balaban J connectivity index is 2.41. The lowest BCUT2D eigenvalue weighted by Gasteiger charge is -2.12. The number of carbonyl (C=O) groups excluding carboxylic acids is 1. The van der Waals surface area contributed by atoms with Crippen LogP contribution in [0.1, 0.15) is 31.2 Å². The molecule has 0 saturated carbocycles. The van der Waals surface area contributed by atoms with E-state index < -0.39 is 11.8 Å². The predicted octanol–water partition coefficient (Wildman–Crippen LogP) is 2.15. The van der Waals surface area contributed by atoms with Crippen LogP contribution in [0.25, 0.3) is 0 Å². The second-order valence-corrected chi connectivity index (χ2v) is 4.97. The summed E-state index contributed by atoms with van der Waals surface area (Å²) < 4.78 is 24.2. The molecule has 0 unspecified atom stereocenters. The molecule has 0 aliphatic heterocycles. The van der Waals surface area contributed by atoms with Crippen LogP contribution in [0.15, 0.2) is 12.1 Å². The fourth-order valence-electron chi connectivity index (χ4n) is 2.11. The Morgan fingerprint density at radius 1 is 1.17 bits per heavy atom. The van der Waals surface area contributed by atoms with Gasteiger partial charge in [-0.2, -0.15) is 0 Å². The molecule has 23 heavy (non-hydrogen) atoms. The molecule has 6 nitrogen and oxygen atoms in total. The lowest BCUT2D eigenvalue weighted by Crippen LogP contribution is -2.25. The number of hydrogen-bond donors (Lipinski definition) is 2. The monoisotopic (exact) mass is 327 g/mol. The smallest absolute Gasteiger partial charge is 0.303 e. The first-order chi connectivity index (χ1) is 11.0. The average molecular weight is 327 g/mol. The minimum absolute atomic E-state index is 0.0463. The standard InChI is InChI=1S/C16H22FNO5/c1-22-12-8-7-11(15(17)16(12)23-2)9-10-18-13(19)5-3-4-6-14(20)21/h7-8H,3-6,9-10H2,1-2H3,(H,18,19)(H,20,21). The summed E-state index contributed by atoms with van der Waals surface area (Å²) in [6.45, 7) is 0.296. The van der Waals surface area contributed by atoms with Crippen molar-refractivity contribution in [3.63, 3.8) is 0 Å². The third-order valence-electron chi connectivity index (χ3n) is 3.33. The van der Waals surface area contributed by atoms with Crippen LogP contribution in [0.3, 0.4) is 0 Å². The van der Waals surface area contributed by atoms with Gasteiger partial charge in [0, 0.05) is 19.4 Å². The molecule has 1 rings (SSSR count). The van der Waals surface area contributed by atoms with Crippen LogP contribution in [0.5, 0.6) is 11.5 Å². The Morgan fingerprint density at radius 2 is 1.87 bits per heavy atom. The van der Waals surface area contributed by atoms with E-state index in [1.807, 2.05) is 0 Å². The molecule has 0 aromatic heterocycles. The summed E-state index contributed by atoms with van der Waals surface area (Å²) in [7, 11) is 2.80. The maximum atomic E-state index is 14.2. The first-order valence-electron chi connectivity index (χ1n) is 7.37. The van der Waals surface area contributed by atoms with E-state index >= 15 is 0 Å². The average Bonchev–Trinajstić information content (AvgIpc) is 2.52. The lowest BCUT2D eigenvalue weighted by molar-refractivity contribution is -0.137. The second-order valence-electron chi connectivity index (χ2n) is 4.97. The van der Waals surface area contributed by atoms with Gasteiger partial charge in [-0.15, -0.1) is 0 Å². The fourth-order valence-corrected chi connectivity index (χ4v) is 2.11. The molecule has 0 aliphatic carbocycles. The summed E-state index contributed by atoms with van der Waals surface area (Å²) in [6.07, 6.45) is 1.63. The molecule has 7 heteroatoms. The van der Waals surface area contributed by atoms with Gasteiger partial charge < -0.3 is 19.9 Å². The number of amides is 1. The van der Waals surface area contributed by atoms with E-state index in [1.54, 1.807) is 12.1 Å². The number of halogens is 1. The molecule has 1 aromatic carbocycles. The van der Waals surface area contributed by atoms with Crippen LogP contribution in [0.4, 0.5) is 4.39 Å². The van der Waals surface area contributed by atoms with Crippen molar-refractivity contribution in [2.24, 2.45) is 0 Å². The van der Waals surface area contributed by atoms with E-state index in [-0.39, 0.29) is 24.5 Å². The zero-order chi connectivity index (χ0) is 17.2. The summed E-state index contributed by atoms with van der Waals surface area (Å²) in [5.74, 6) is -1.17. The number of ether oxygens (including phenoxy) is 2. The number of carboxylic acids is 1. The third-order valence-corrected chi connectivity index (χ3v) is 3.33. The van der Waals surface area contributed by atoms with Crippen LogP contribution in [0.2, 0.25) is 0 Å². The first-order valence-corrected chi connectivity index (χ1v) is 7.37. The number of aliphatic carboxylic acids is 1. The molecule has 1 amide bonds. The summed E-state index contributed by atoms with van der Waals surface area (Å²) >= 11 is 0. The normalized spacial score (nSPS) is 10.2. The molecule has 128 valence electrons. The minimum Gasteiger partial charge on any atom is -0.493 e. The zero-order valence-corrected chi connectivity index (χ0v) is 13.4. The molecule has 1 aromatic rings. The highest BCUT2D eigenvalue weighted by Gasteiger charge is 2.14. The highest BCUT2D eigenvalue weighted by atomic mass is 19.1. The van der Waals surface area contributed by atoms with Crippen molar-refractivity contribution in [2.75, 3.05) is 20.8 Å². The second kappa shape index (κ2) is 9.66. The van der Waals surface area contributed by atoms with Crippen molar-refractivity contribution in [1.29, 1.82) is 0 Å². The van der Waals surface area contributed by atoms with Crippen molar-refractivity contribution in [3.8, 4) is 11.5 Å². The number of nitrogens with one attached hydrogen (secondary N) is 1. The highest BCUT2D eigenvalue weighted by Crippen LogP contribution is 2.31. The molecule has 0 fully saturated rings. The molecule has 2 N–H and O–H groups in total. The Hall–Kier alpha value is -2.31. The van der Waals surface area contributed by atoms with Gasteiger partial charge >= 0.3 is 5.97 Å². The van der Waals surface area contributed by atoms with Crippen molar-refractivity contribution >= 4 is 11.9 Å². The van der Waals surface area contributed by atoms with E-state index in [9.17, 15) is 14.0 Å². The van der Waals surface area contributed by atoms with E-state index in [1.165, 1.54) is 14.2 Å². The predicted molar refractivity (Wildman–Crippen MR) is 82.3 cm³/mol. The topological polar surface area (TPSA) is 84.9 Å². The SMILES string of the molecule is COc1ccc(CCNC(=O)CCCCC(=O)O)c(F)c1OC. The maximum Gasteiger partial charge on any atom is 0.303 e. The Morgan fingerprint density at radius 3 is 2.48 bits per heavy atom. The molecular formula is C16H22FNO5. The van der Waals surface area contributed by atoms with E-state index in [0.717, 1.165) is 0 Å². The zero-order valence-electron chi connectivity index (χ0n) is 13.4. The first kappa shape index (κ1) is 18.7. The Labute approximate surface area is 134 Å². The molecule has 0 atom stereocenters. The van der Waals surface area contributed by atoms with Crippen molar-refractivity contribution < 1.29 is 28.6 Å². The molecule has 0 aliphatic rings. The van der Waals surface area contributed by atoms with Crippen molar-refractivity contribution in [3.05, 3.63) is 23.5 Å². The van der Waals surface area contributed by atoms with Gasteiger partial charge in [0.05, 0.1) is 14.2 Å². The number of unbranched alkanes of at least 4 members (excludes halogenated alkanes) is 1. The lowest BCUT2D eigenvalue weighted by atomic mass is 10.1. The van der Waals surface area contributed by atoms with E-state index in [4.69, 9.17) is 14.6 Å². The van der Waals surface area contributed by atoms with Gasteiger partial charge in [0.15, 0.2) is 17.3 Å². The Bertz CT molecular complexity index is 548. The van der Waals surface area contributed by atoms with Gasteiger partial charge in [0.2, 0.25) is 5.91 Å². The highest BCUT2D eigenvalue weighted by molar-refractivity contribution is 5.75. The van der Waals surface area contributed by atoms with E-state index in [0.29, 0.717) is 37.1 Å². The molecule has 0 heterocycles. The Kier molecular flexibility index (Phi) is 7.87. The number of carboxylic acid groups (broad SMARTS) is 1. The van der Waals surface area contributed by atoms with Gasteiger partial charge in [-0.25, -0.2) is 4.39 Å². The summed E-state index contributed by atoms with van der Waals surface area (Å²) in [4.78, 5) is 21.9.